The third-order valence-electron chi connectivity index (χ3n) is 6.52. The van der Waals surface area contributed by atoms with Gasteiger partial charge in [-0.1, -0.05) is 25.1 Å². The maximum atomic E-state index is 13.2. The quantitative estimate of drug-likeness (QED) is 0.712. The number of pyridine rings is 1. The van der Waals surface area contributed by atoms with Crippen LogP contribution in [0.25, 0.3) is 10.9 Å². The van der Waals surface area contributed by atoms with Crippen molar-refractivity contribution in [2.75, 3.05) is 18.8 Å². The van der Waals surface area contributed by atoms with Crippen LogP contribution in [-0.2, 0) is 11.3 Å². The second kappa shape index (κ2) is 8.09. The molecule has 0 spiro atoms. The van der Waals surface area contributed by atoms with Gasteiger partial charge in [0.2, 0.25) is 5.91 Å². The zero-order valence-corrected chi connectivity index (χ0v) is 18.4. The lowest BCUT2D eigenvalue weighted by atomic mass is 9.92. The molecule has 2 aromatic heterocycles. The summed E-state index contributed by atoms with van der Waals surface area (Å²) in [5, 5.41) is 5.65. The summed E-state index contributed by atoms with van der Waals surface area (Å²) in [6, 6.07) is 10.0. The van der Waals surface area contributed by atoms with Crippen molar-refractivity contribution in [2.45, 2.75) is 53.0 Å². The number of benzene rings is 1. The molecule has 158 valence electrons. The number of anilines is 1. The van der Waals surface area contributed by atoms with E-state index < -0.39 is 0 Å². The maximum absolute atomic E-state index is 13.2. The number of nitrogens with zero attached hydrogens (tertiary/aromatic N) is 4. The molecule has 0 radical (unpaired) electrons. The minimum atomic E-state index is -0.122. The fourth-order valence-electron chi connectivity index (χ4n) is 4.49. The van der Waals surface area contributed by atoms with E-state index in [-0.39, 0.29) is 17.7 Å². The minimum Gasteiger partial charge on any atom is -0.397 e. The first-order chi connectivity index (χ1) is 14.3. The van der Waals surface area contributed by atoms with E-state index in [0.29, 0.717) is 13.1 Å². The molecule has 1 amide bonds. The lowest BCUT2D eigenvalue weighted by Crippen LogP contribution is -2.43. The van der Waals surface area contributed by atoms with Gasteiger partial charge in [-0.05, 0) is 51.3 Å². The number of nitrogens with two attached hydrogens (primary N) is 1. The van der Waals surface area contributed by atoms with Crippen LogP contribution in [0.4, 0.5) is 5.69 Å². The summed E-state index contributed by atoms with van der Waals surface area (Å²) in [5.74, 6) is 0.239. The normalized spacial score (nSPS) is 18.0. The number of carbonyl (C=O) groups is 1. The van der Waals surface area contributed by atoms with Gasteiger partial charge in [0.1, 0.15) is 0 Å². The second-order valence-corrected chi connectivity index (χ2v) is 8.66. The van der Waals surface area contributed by atoms with Crippen LogP contribution in [-0.4, -0.2) is 38.7 Å². The number of fused-ring (bicyclic) bond motifs is 1. The molecule has 2 N–H and O–H groups in total. The van der Waals surface area contributed by atoms with Crippen molar-refractivity contribution in [3.63, 3.8) is 0 Å². The molecule has 6 heteroatoms. The third kappa shape index (κ3) is 3.78. The Balaban J connectivity index is 1.50. The van der Waals surface area contributed by atoms with Gasteiger partial charge >= 0.3 is 0 Å². The van der Waals surface area contributed by atoms with Crippen LogP contribution in [0.15, 0.2) is 30.3 Å². The Hall–Kier alpha value is -2.89. The minimum absolute atomic E-state index is 0.122. The van der Waals surface area contributed by atoms with Gasteiger partial charge in [-0.2, -0.15) is 5.10 Å². The van der Waals surface area contributed by atoms with Crippen molar-refractivity contribution in [3.8, 4) is 0 Å². The Morgan fingerprint density at radius 2 is 2.03 bits per heavy atom. The molecule has 0 saturated carbocycles. The number of nitrogen functional groups attached to an aromatic ring is 1. The van der Waals surface area contributed by atoms with E-state index in [1.165, 1.54) is 5.56 Å². The standard InChI is InChI=1S/C24H31N5O/c1-15(13-29-18(4)16(2)17(3)27-29)24(30)28-11-7-9-20(14-28)23-21(25)12-19-8-5-6-10-22(19)26-23/h5-6,8,10,12,15,20H,7,9,11,13-14,25H2,1-4H3/t15-,20-/m1/s1. The molecule has 1 aliphatic heterocycles. The summed E-state index contributed by atoms with van der Waals surface area (Å²) in [6.45, 7) is 10.2. The fraction of sp³-hybridized carbons (Fsp3) is 0.458. The Morgan fingerprint density at radius 1 is 1.27 bits per heavy atom. The van der Waals surface area contributed by atoms with Crippen LogP contribution in [0, 0.1) is 26.7 Å². The number of rotatable bonds is 4. The van der Waals surface area contributed by atoms with Gasteiger partial charge in [0.15, 0.2) is 0 Å². The van der Waals surface area contributed by atoms with E-state index in [1.807, 2.05) is 53.8 Å². The van der Waals surface area contributed by atoms with Gasteiger partial charge < -0.3 is 10.6 Å². The van der Waals surface area contributed by atoms with Gasteiger partial charge in [-0.25, -0.2) is 0 Å². The van der Waals surface area contributed by atoms with E-state index in [0.717, 1.165) is 53.1 Å². The fourth-order valence-corrected chi connectivity index (χ4v) is 4.49. The monoisotopic (exact) mass is 405 g/mol. The van der Waals surface area contributed by atoms with E-state index >= 15 is 0 Å². The lowest BCUT2D eigenvalue weighted by molar-refractivity contribution is -0.136. The average Bonchev–Trinajstić information content (AvgIpc) is 2.99. The van der Waals surface area contributed by atoms with E-state index in [2.05, 4.69) is 18.9 Å². The SMILES string of the molecule is Cc1nn(C[C@@H](C)C(=O)N2CCC[C@@H](c3nc4ccccc4cc3N)C2)c(C)c1C. The first-order valence-electron chi connectivity index (χ1n) is 10.8. The number of aromatic nitrogens is 3. The molecule has 3 aromatic rings. The Morgan fingerprint density at radius 3 is 2.77 bits per heavy atom. The van der Waals surface area contributed by atoms with Gasteiger partial charge in [0, 0.05) is 30.1 Å². The highest BCUT2D eigenvalue weighted by atomic mass is 16.2. The molecule has 3 heterocycles. The zero-order chi connectivity index (χ0) is 21.4. The number of carbonyl (C=O) groups excluding carboxylic acids is 1. The molecule has 30 heavy (non-hydrogen) atoms. The second-order valence-electron chi connectivity index (χ2n) is 8.66. The van der Waals surface area contributed by atoms with Crippen LogP contribution in [0.2, 0.25) is 0 Å². The molecule has 0 unspecified atom stereocenters. The Labute approximate surface area is 178 Å². The van der Waals surface area contributed by atoms with Crippen molar-refractivity contribution in [1.29, 1.82) is 0 Å². The first kappa shape index (κ1) is 20.4. The van der Waals surface area contributed by atoms with Gasteiger partial charge in [-0.3, -0.25) is 14.5 Å². The van der Waals surface area contributed by atoms with Crippen LogP contribution >= 0.6 is 0 Å². The number of piperidine rings is 1. The average molecular weight is 406 g/mol. The van der Waals surface area contributed by atoms with Crippen molar-refractivity contribution < 1.29 is 4.79 Å². The number of aryl methyl sites for hydroxylation is 1. The Bertz CT molecular complexity index is 1090. The molecule has 0 aliphatic carbocycles. The Kier molecular flexibility index (Phi) is 5.50. The third-order valence-corrected chi connectivity index (χ3v) is 6.52. The number of para-hydroxylation sites is 1. The summed E-state index contributed by atoms with van der Waals surface area (Å²) in [5.41, 5.74) is 12.3. The van der Waals surface area contributed by atoms with Crippen LogP contribution in [0.3, 0.4) is 0 Å². The van der Waals surface area contributed by atoms with Crippen molar-refractivity contribution in [3.05, 3.63) is 53.0 Å². The molecule has 4 rings (SSSR count). The molecule has 0 bridgehead atoms. The molecule has 6 nitrogen and oxygen atoms in total. The predicted molar refractivity (Wildman–Crippen MR) is 120 cm³/mol. The topological polar surface area (TPSA) is 77.0 Å². The molecule has 2 atom stereocenters. The molecule has 1 saturated heterocycles. The predicted octanol–water partition coefficient (Wildman–Crippen LogP) is 3.98. The number of likely N-dealkylation sites (tertiary alicyclic amines) is 1. The molecule has 1 fully saturated rings. The molecule has 1 aliphatic rings. The van der Waals surface area contributed by atoms with E-state index in [9.17, 15) is 4.79 Å². The molecular formula is C24H31N5O. The number of amides is 1. The first-order valence-corrected chi connectivity index (χ1v) is 10.8. The highest BCUT2D eigenvalue weighted by Crippen LogP contribution is 2.32. The van der Waals surface area contributed by atoms with Crippen molar-refractivity contribution >= 4 is 22.5 Å². The molecular weight excluding hydrogens is 374 g/mol. The lowest BCUT2D eigenvalue weighted by Gasteiger charge is -2.34. The zero-order valence-electron chi connectivity index (χ0n) is 18.4. The van der Waals surface area contributed by atoms with Crippen molar-refractivity contribution in [2.24, 2.45) is 5.92 Å². The van der Waals surface area contributed by atoms with Crippen LogP contribution in [0.1, 0.15) is 48.3 Å². The number of hydrogen-bond acceptors (Lipinski definition) is 4. The van der Waals surface area contributed by atoms with Gasteiger partial charge in [0.05, 0.1) is 35.1 Å². The highest BCUT2D eigenvalue weighted by molar-refractivity contribution is 5.82. The summed E-state index contributed by atoms with van der Waals surface area (Å²) in [4.78, 5) is 20.1. The highest BCUT2D eigenvalue weighted by Gasteiger charge is 2.30. The maximum Gasteiger partial charge on any atom is 0.227 e. The van der Waals surface area contributed by atoms with E-state index in [1.54, 1.807) is 0 Å². The van der Waals surface area contributed by atoms with Gasteiger partial charge in [0.25, 0.3) is 0 Å². The summed E-state index contributed by atoms with van der Waals surface area (Å²) < 4.78 is 1.97. The summed E-state index contributed by atoms with van der Waals surface area (Å²) in [6.07, 6.45) is 1.97. The van der Waals surface area contributed by atoms with Crippen molar-refractivity contribution in [1.82, 2.24) is 19.7 Å². The molecule has 1 aromatic carbocycles. The summed E-state index contributed by atoms with van der Waals surface area (Å²) in [7, 11) is 0. The number of hydrogen-bond donors (Lipinski definition) is 1. The van der Waals surface area contributed by atoms with E-state index in [4.69, 9.17) is 10.7 Å². The van der Waals surface area contributed by atoms with Crippen LogP contribution in [0.5, 0.6) is 0 Å². The smallest absolute Gasteiger partial charge is 0.227 e. The van der Waals surface area contributed by atoms with Gasteiger partial charge in [-0.15, -0.1) is 0 Å². The summed E-state index contributed by atoms with van der Waals surface area (Å²) >= 11 is 0. The largest absolute Gasteiger partial charge is 0.397 e. The van der Waals surface area contributed by atoms with Crippen LogP contribution < -0.4 is 5.73 Å².